The summed E-state index contributed by atoms with van der Waals surface area (Å²) >= 11 is 1.67. The highest BCUT2D eigenvalue weighted by atomic mass is 32.1. The van der Waals surface area contributed by atoms with Gasteiger partial charge in [0.2, 0.25) is 0 Å². The van der Waals surface area contributed by atoms with Crippen LogP contribution in [-0.4, -0.2) is 27.4 Å². The summed E-state index contributed by atoms with van der Waals surface area (Å²) < 4.78 is 1.71. The molecule has 0 saturated heterocycles. The van der Waals surface area contributed by atoms with E-state index in [1.54, 1.807) is 22.2 Å². The van der Waals surface area contributed by atoms with Crippen molar-refractivity contribution in [1.82, 2.24) is 20.3 Å². The number of hydrogen-bond acceptors (Lipinski definition) is 4. The highest BCUT2D eigenvalue weighted by molar-refractivity contribution is 7.09. The Labute approximate surface area is 150 Å². The number of benzene rings is 1. The molecule has 0 spiro atoms. The van der Waals surface area contributed by atoms with E-state index in [2.05, 4.69) is 39.9 Å². The molecule has 0 saturated carbocycles. The molecular weight excluding hydrogens is 332 g/mol. The molecule has 0 bridgehead atoms. The predicted octanol–water partition coefficient (Wildman–Crippen LogP) is 3.24. The zero-order valence-electron chi connectivity index (χ0n) is 13.9. The first kappa shape index (κ1) is 16.0. The van der Waals surface area contributed by atoms with Crippen LogP contribution in [0.1, 0.15) is 45.3 Å². The minimum Gasteiger partial charge on any atom is -0.350 e. The number of aromatic nitrogens is 3. The molecule has 4 rings (SSSR count). The lowest BCUT2D eigenvalue weighted by Gasteiger charge is -2.25. The molecule has 0 aliphatic heterocycles. The van der Waals surface area contributed by atoms with Crippen LogP contribution in [0.5, 0.6) is 0 Å². The maximum Gasteiger partial charge on any atom is 0.273 e. The van der Waals surface area contributed by atoms with Gasteiger partial charge in [0.05, 0.1) is 12.7 Å². The van der Waals surface area contributed by atoms with Crippen molar-refractivity contribution in [3.05, 3.63) is 69.7 Å². The molecule has 0 radical (unpaired) electrons. The van der Waals surface area contributed by atoms with Crippen LogP contribution in [0.15, 0.2) is 48.0 Å². The molecule has 2 heterocycles. The van der Waals surface area contributed by atoms with Gasteiger partial charge in [-0.3, -0.25) is 4.79 Å². The van der Waals surface area contributed by atoms with Crippen molar-refractivity contribution in [2.75, 3.05) is 6.54 Å². The fourth-order valence-corrected chi connectivity index (χ4v) is 4.11. The predicted molar refractivity (Wildman–Crippen MR) is 97.9 cm³/mol. The number of amides is 1. The Morgan fingerprint density at radius 3 is 3.08 bits per heavy atom. The summed E-state index contributed by atoms with van der Waals surface area (Å²) in [5, 5.41) is 13.1. The van der Waals surface area contributed by atoms with Crippen molar-refractivity contribution in [3.63, 3.8) is 0 Å². The van der Waals surface area contributed by atoms with Gasteiger partial charge in [0, 0.05) is 17.3 Å². The maximum atomic E-state index is 12.4. The van der Waals surface area contributed by atoms with Crippen molar-refractivity contribution < 1.29 is 4.79 Å². The van der Waals surface area contributed by atoms with Crippen molar-refractivity contribution >= 4 is 17.2 Å². The van der Waals surface area contributed by atoms with Gasteiger partial charge in [-0.15, -0.1) is 16.4 Å². The van der Waals surface area contributed by atoms with Gasteiger partial charge in [0.25, 0.3) is 5.91 Å². The molecule has 2 aromatic heterocycles. The number of rotatable bonds is 5. The molecule has 1 N–H and O–H groups in total. The molecule has 1 atom stereocenters. The summed E-state index contributed by atoms with van der Waals surface area (Å²) in [6, 6.07) is 12.6. The standard InChI is InChI=1S/C19H20N4OS/c24-19(18-13-23(22-21-18)12-16-8-4-10-25-16)20-11-15-7-3-6-14-5-1-2-9-17(14)15/h1-2,4-5,8-10,13,15H,3,6-7,11-12H2,(H,20,24). The van der Waals surface area contributed by atoms with Crippen molar-refractivity contribution in [3.8, 4) is 0 Å². The average molecular weight is 352 g/mol. The van der Waals surface area contributed by atoms with E-state index in [4.69, 9.17) is 0 Å². The van der Waals surface area contributed by atoms with E-state index in [0.29, 0.717) is 24.7 Å². The Balaban J connectivity index is 1.38. The summed E-state index contributed by atoms with van der Waals surface area (Å²) in [6.07, 6.45) is 5.14. The minimum atomic E-state index is -0.152. The largest absolute Gasteiger partial charge is 0.350 e. The van der Waals surface area contributed by atoms with Crippen LogP contribution in [0, 0.1) is 0 Å². The lowest BCUT2D eigenvalue weighted by atomic mass is 9.83. The second-order valence-electron chi connectivity index (χ2n) is 6.38. The van der Waals surface area contributed by atoms with Crippen LogP contribution in [0.4, 0.5) is 0 Å². The SMILES string of the molecule is O=C(NCC1CCCc2ccccc21)c1cn(Cc2cccs2)nn1. The number of carbonyl (C=O) groups excluding carboxylic acids is 1. The number of fused-ring (bicyclic) bond motifs is 1. The van der Waals surface area contributed by atoms with E-state index < -0.39 is 0 Å². The van der Waals surface area contributed by atoms with Crippen LogP contribution in [0.2, 0.25) is 0 Å². The number of aryl methyl sites for hydroxylation is 1. The van der Waals surface area contributed by atoms with E-state index in [9.17, 15) is 4.79 Å². The normalized spacial score (nSPS) is 16.4. The van der Waals surface area contributed by atoms with Gasteiger partial charge in [-0.05, 0) is 41.8 Å². The molecule has 1 unspecified atom stereocenters. The highest BCUT2D eigenvalue weighted by Crippen LogP contribution is 2.30. The summed E-state index contributed by atoms with van der Waals surface area (Å²) in [4.78, 5) is 13.6. The number of nitrogens with one attached hydrogen (secondary N) is 1. The number of thiophene rings is 1. The number of carbonyl (C=O) groups is 1. The summed E-state index contributed by atoms with van der Waals surface area (Å²) in [6.45, 7) is 1.29. The van der Waals surface area contributed by atoms with Crippen LogP contribution in [0.25, 0.3) is 0 Å². The van der Waals surface area contributed by atoms with Crippen LogP contribution in [-0.2, 0) is 13.0 Å². The van der Waals surface area contributed by atoms with E-state index in [-0.39, 0.29) is 5.91 Å². The first-order valence-corrected chi connectivity index (χ1v) is 9.46. The Hall–Kier alpha value is -2.47. The van der Waals surface area contributed by atoms with Gasteiger partial charge >= 0.3 is 0 Å². The molecule has 6 heteroatoms. The second-order valence-corrected chi connectivity index (χ2v) is 7.41. The minimum absolute atomic E-state index is 0.152. The van der Waals surface area contributed by atoms with Crippen LogP contribution < -0.4 is 5.32 Å². The second kappa shape index (κ2) is 7.19. The highest BCUT2D eigenvalue weighted by Gasteiger charge is 2.21. The van der Waals surface area contributed by atoms with E-state index >= 15 is 0 Å². The smallest absolute Gasteiger partial charge is 0.273 e. The summed E-state index contributed by atoms with van der Waals surface area (Å²) in [5.74, 6) is 0.232. The van der Waals surface area contributed by atoms with Gasteiger partial charge < -0.3 is 5.32 Å². The lowest BCUT2D eigenvalue weighted by molar-refractivity contribution is 0.0945. The van der Waals surface area contributed by atoms with E-state index in [1.807, 2.05) is 17.5 Å². The third kappa shape index (κ3) is 3.64. The topological polar surface area (TPSA) is 59.8 Å². The van der Waals surface area contributed by atoms with Crippen molar-refractivity contribution in [2.24, 2.45) is 0 Å². The third-order valence-electron chi connectivity index (χ3n) is 4.67. The van der Waals surface area contributed by atoms with Crippen molar-refractivity contribution in [2.45, 2.75) is 31.7 Å². The van der Waals surface area contributed by atoms with Gasteiger partial charge in [-0.1, -0.05) is 35.5 Å². The van der Waals surface area contributed by atoms with Gasteiger partial charge in [0.1, 0.15) is 0 Å². The lowest BCUT2D eigenvalue weighted by Crippen LogP contribution is -2.30. The quantitative estimate of drug-likeness (QED) is 0.767. The number of hydrogen-bond donors (Lipinski definition) is 1. The molecule has 0 fully saturated rings. The van der Waals surface area contributed by atoms with Gasteiger partial charge in [-0.2, -0.15) is 0 Å². The zero-order chi connectivity index (χ0) is 17.1. The molecule has 1 amide bonds. The first-order chi connectivity index (χ1) is 12.3. The van der Waals surface area contributed by atoms with E-state index in [0.717, 1.165) is 12.8 Å². The van der Waals surface area contributed by atoms with Crippen LogP contribution >= 0.6 is 11.3 Å². The zero-order valence-corrected chi connectivity index (χ0v) is 14.7. The van der Waals surface area contributed by atoms with Crippen molar-refractivity contribution in [1.29, 1.82) is 0 Å². The Morgan fingerprint density at radius 1 is 1.28 bits per heavy atom. The van der Waals surface area contributed by atoms with E-state index in [1.165, 1.54) is 22.4 Å². The first-order valence-electron chi connectivity index (χ1n) is 8.58. The fourth-order valence-electron chi connectivity index (χ4n) is 3.41. The third-order valence-corrected chi connectivity index (χ3v) is 5.53. The van der Waals surface area contributed by atoms with Gasteiger partial charge in [-0.25, -0.2) is 4.68 Å². The Bertz CT molecular complexity index is 856. The Kier molecular flexibility index (Phi) is 4.61. The molecule has 1 aliphatic carbocycles. The summed E-state index contributed by atoms with van der Waals surface area (Å²) in [5.41, 5.74) is 3.16. The Morgan fingerprint density at radius 2 is 2.20 bits per heavy atom. The number of nitrogens with zero attached hydrogens (tertiary/aromatic N) is 3. The molecule has 3 aromatic rings. The fraction of sp³-hybridized carbons (Fsp3) is 0.316. The molecular formula is C19H20N4OS. The molecule has 1 aromatic carbocycles. The molecule has 25 heavy (non-hydrogen) atoms. The molecule has 128 valence electrons. The van der Waals surface area contributed by atoms with Gasteiger partial charge in [0.15, 0.2) is 5.69 Å². The maximum absolute atomic E-state index is 12.4. The summed E-state index contributed by atoms with van der Waals surface area (Å²) in [7, 11) is 0. The van der Waals surface area contributed by atoms with Crippen LogP contribution in [0.3, 0.4) is 0 Å². The monoisotopic (exact) mass is 352 g/mol. The average Bonchev–Trinajstić information content (AvgIpc) is 3.32. The molecule has 1 aliphatic rings. The molecule has 5 nitrogen and oxygen atoms in total.